The van der Waals surface area contributed by atoms with Gasteiger partial charge in [0.25, 0.3) is 0 Å². The summed E-state index contributed by atoms with van der Waals surface area (Å²) in [6, 6.07) is 2.40. The predicted octanol–water partition coefficient (Wildman–Crippen LogP) is 3.56. The largest absolute Gasteiger partial charge is 0.377 e. The molecular formula is C17H30N2OS. The molecule has 0 aromatic carbocycles. The van der Waals surface area contributed by atoms with Crippen molar-refractivity contribution in [3.05, 3.63) is 21.4 Å². The summed E-state index contributed by atoms with van der Waals surface area (Å²) in [6.07, 6.45) is 4.12. The molecule has 1 atom stereocenters. The van der Waals surface area contributed by atoms with Crippen LogP contribution in [0.3, 0.4) is 0 Å². The molecular weight excluding hydrogens is 280 g/mol. The highest BCUT2D eigenvalue weighted by Gasteiger charge is 2.21. The summed E-state index contributed by atoms with van der Waals surface area (Å²) in [5.74, 6) is 0. The molecule has 21 heavy (non-hydrogen) atoms. The second-order valence-corrected chi connectivity index (χ2v) is 7.27. The van der Waals surface area contributed by atoms with Gasteiger partial charge in [0, 0.05) is 36.0 Å². The van der Waals surface area contributed by atoms with Gasteiger partial charge < -0.3 is 10.1 Å². The summed E-state index contributed by atoms with van der Waals surface area (Å²) in [5, 5.41) is 3.50. The zero-order chi connectivity index (χ0) is 15.1. The van der Waals surface area contributed by atoms with Crippen molar-refractivity contribution in [3.63, 3.8) is 0 Å². The van der Waals surface area contributed by atoms with Crippen LogP contribution in [0, 0.1) is 6.92 Å². The molecule has 1 aromatic heterocycles. The average molecular weight is 311 g/mol. The first-order valence-corrected chi connectivity index (χ1v) is 9.17. The maximum atomic E-state index is 5.80. The van der Waals surface area contributed by atoms with E-state index in [4.69, 9.17) is 4.74 Å². The van der Waals surface area contributed by atoms with Crippen LogP contribution in [-0.4, -0.2) is 37.2 Å². The molecule has 1 saturated heterocycles. The van der Waals surface area contributed by atoms with Gasteiger partial charge in [0.15, 0.2) is 0 Å². The van der Waals surface area contributed by atoms with E-state index >= 15 is 0 Å². The van der Waals surface area contributed by atoms with Gasteiger partial charge >= 0.3 is 0 Å². The summed E-state index contributed by atoms with van der Waals surface area (Å²) >= 11 is 1.94. The molecule has 0 amide bonds. The summed E-state index contributed by atoms with van der Waals surface area (Å²) < 4.78 is 5.80. The quantitative estimate of drug-likeness (QED) is 0.743. The number of ether oxygens (including phenoxy) is 1. The van der Waals surface area contributed by atoms with Gasteiger partial charge in [-0.25, -0.2) is 0 Å². The van der Waals surface area contributed by atoms with E-state index in [0.717, 1.165) is 32.8 Å². The molecule has 0 spiro atoms. The van der Waals surface area contributed by atoms with Crippen LogP contribution in [0.15, 0.2) is 6.07 Å². The summed E-state index contributed by atoms with van der Waals surface area (Å²) in [4.78, 5) is 5.50. The SMILES string of the molecule is CCCNCc1cc(CN2CCCC(OCC)C2)c(C)s1. The first-order valence-electron chi connectivity index (χ1n) is 8.35. The van der Waals surface area contributed by atoms with Gasteiger partial charge in [0.05, 0.1) is 6.10 Å². The van der Waals surface area contributed by atoms with Crippen LogP contribution >= 0.6 is 11.3 Å². The van der Waals surface area contributed by atoms with E-state index in [1.54, 1.807) is 0 Å². The monoisotopic (exact) mass is 310 g/mol. The van der Waals surface area contributed by atoms with E-state index in [-0.39, 0.29) is 0 Å². The van der Waals surface area contributed by atoms with Crippen LogP contribution in [0.1, 0.15) is 48.4 Å². The number of nitrogens with one attached hydrogen (secondary N) is 1. The summed E-state index contributed by atoms with van der Waals surface area (Å²) in [7, 11) is 0. The lowest BCUT2D eigenvalue weighted by Gasteiger charge is -2.32. The zero-order valence-corrected chi connectivity index (χ0v) is 14.6. The molecule has 0 aliphatic carbocycles. The number of aryl methyl sites for hydroxylation is 1. The van der Waals surface area contributed by atoms with Crippen molar-refractivity contribution in [2.75, 3.05) is 26.2 Å². The average Bonchev–Trinajstić information content (AvgIpc) is 2.80. The second-order valence-electron chi connectivity index (χ2n) is 5.93. The summed E-state index contributed by atoms with van der Waals surface area (Å²) in [5.41, 5.74) is 1.51. The molecule has 0 radical (unpaired) electrons. The van der Waals surface area contributed by atoms with Crippen LogP contribution in [0.4, 0.5) is 0 Å². The highest BCUT2D eigenvalue weighted by molar-refractivity contribution is 7.12. The highest BCUT2D eigenvalue weighted by atomic mass is 32.1. The Morgan fingerprint density at radius 1 is 1.43 bits per heavy atom. The first-order chi connectivity index (χ1) is 10.2. The van der Waals surface area contributed by atoms with Gasteiger partial charge in [-0.1, -0.05) is 6.92 Å². The van der Waals surface area contributed by atoms with Gasteiger partial charge in [-0.3, -0.25) is 4.90 Å². The molecule has 0 saturated carbocycles. The van der Waals surface area contributed by atoms with E-state index in [1.807, 2.05) is 11.3 Å². The Bertz CT molecular complexity index is 417. The van der Waals surface area contributed by atoms with Gasteiger partial charge in [0.1, 0.15) is 0 Å². The third kappa shape index (κ3) is 5.37. The Hall–Kier alpha value is -0.420. The smallest absolute Gasteiger partial charge is 0.0702 e. The van der Waals surface area contributed by atoms with Crippen molar-refractivity contribution in [2.45, 2.75) is 59.2 Å². The standard InChI is InChI=1S/C17H30N2OS/c1-4-8-18-11-17-10-15(14(3)21-17)12-19-9-6-7-16(13-19)20-5-2/h10,16,18H,4-9,11-13H2,1-3H3. The molecule has 1 N–H and O–H groups in total. The molecule has 1 aliphatic heterocycles. The third-order valence-corrected chi connectivity index (χ3v) is 5.15. The van der Waals surface area contributed by atoms with Crippen LogP contribution in [0.5, 0.6) is 0 Å². The van der Waals surface area contributed by atoms with Crippen molar-refractivity contribution in [1.29, 1.82) is 0 Å². The van der Waals surface area contributed by atoms with Crippen LogP contribution in [-0.2, 0) is 17.8 Å². The third-order valence-electron chi connectivity index (χ3n) is 4.06. The minimum Gasteiger partial charge on any atom is -0.377 e. The van der Waals surface area contributed by atoms with E-state index in [2.05, 4.69) is 37.1 Å². The molecule has 1 unspecified atom stereocenters. The topological polar surface area (TPSA) is 24.5 Å². The highest BCUT2D eigenvalue weighted by Crippen LogP contribution is 2.24. The maximum absolute atomic E-state index is 5.80. The van der Waals surface area contributed by atoms with Crippen LogP contribution in [0.25, 0.3) is 0 Å². The fourth-order valence-corrected chi connectivity index (χ4v) is 4.01. The molecule has 0 bridgehead atoms. The lowest BCUT2D eigenvalue weighted by molar-refractivity contribution is 0.00362. The Kier molecular flexibility index (Phi) is 7.17. The molecule has 2 heterocycles. The Balaban J connectivity index is 1.86. The van der Waals surface area contributed by atoms with E-state index in [9.17, 15) is 0 Å². The number of likely N-dealkylation sites (tertiary alicyclic amines) is 1. The fourth-order valence-electron chi connectivity index (χ4n) is 2.99. The van der Waals surface area contributed by atoms with Crippen molar-refractivity contribution in [3.8, 4) is 0 Å². The second kappa shape index (κ2) is 8.89. The number of nitrogens with zero attached hydrogens (tertiary/aromatic N) is 1. The zero-order valence-electron chi connectivity index (χ0n) is 13.8. The number of piperidine rings is 1. The number of thiophene rings is 1. The van der Waals surface area contributed by atoms with Gasteiger partial charge in [-0.2, -0.15) is 0 Å². The van der Waals surface area contributed by atoms with E-state index in [0.29, 0.717) is 6.10 Å². The normalized spacial score (nSPS) is 20.0. The van der Waals surface area contributed by atoms with Crippen molar-refractivity contribution in [1.82, 2.24) is 10.2 Å². The number of hydrogen-bond acceptors (Lipinski definition) is 4. The Morgan fingerprint density at radius 3 is 3.05 bits per heavy atom. The molecule has 2 rings (SSSR count). The molecule has 4 heteroatoms. The molecule has 3 nitrogen and oxygen atoms in total. The summed E-state index contributed by atoms with van der Waals surface area (Å²) in [6.45, 7) is 12.9. The van der Waals surface area contributed by atoms with E-state index in [1.165, 1.54) is 41.1 Å². The Morgan fingerprint density at radius 2 is 2.29 bits per heavy atom. The predicted molar refractivity (Wildman–Crippen MR) is 91.0 cm³/mol. The first kappa shape index (κ1) is 16.9. The van der Waals surface area contributed by atoms with Gasteiger partial charge in [-0.05, 0) is 57.8 Å². The maximum Gasteiger partial charge on any atom is 0.0702 e. The number of hydrogen-bond donors (Lipinski definition) is 1. The minimum atomic E-state index is 0.438. The van der Waals surface area contributed by atoms with Crippen LogP contribution in [0.2, 0.25) is 0 Å². The van der Waals surface area contributed by atoms with Crippen molar-refractivity contribution >= 4 is 11.3 Å². The molecule has 1 aliphatic rings. The van der Waals surface area contributed by atoms with Crippen molar-refractivity contribution in [2.24, 2.45) is 0 Å². The molecule has 120 valence electrons. The Labute approximate surface area is 133 Å². The lowest BCUT2D eigenvalue weighted by atomic mass is 10.1. The van der Waals surface area contributed by atoms with Gasteiger partial charge in [-0.15, -0.1) is 11.3 Å². The molecule has 1 fully saturated rings. The fraction of sp³-hybridized carbons (Fsp3) is 0.765. The minimum absolute atomic E-state index is 0.438. The van der Waals surface area contributed by atoms with Crippen LogP contribution < -0.4 is 5.32 Å². The molecule has 1 aromatic rings. The number of rotatable bonds is 8. The van der Waals surface area contributed by atoms with Gasteiger partial charge in [0.2, 0.25) is 0 Å². The van der Waals surface area contributed by atoms with Crippen molar-refractivity contribution < 1.29 is 4.74 Å². The van der Waals surface area contributed by atoms with E-state index < -0.39 is 0 Å². The lowest BCUT2D eigenvalue weighted by Crippen LogP contribution is -2.39.